The Bertz CT molecular complexity index is 687. The number of methoxy groups -OCH3 is 1. The van der Waals surface area contributed by atoms with Crippen LogP contribution in [0.15, 0.2) is 24.3 Å². The maximum Gasteiger partial charge on any atom is 0.377 e. The molecule has 0 atom stereocenters. The van der Waals surface area contributed by atoms with Crippen molar-refractivity contribution in [2.45, 2.75) is 19.8 Å². The van der Waals surface area contributed by atoms with Crippen LogP contribution in [0.4, 0.5) is 5.13 Å². The van der Waals surface area contributed by atoms with E-state index in [1.165, 1.54) is 7.11 Å². The van der Waals surface area contributed by atoms with E-state index >= 15 is 0 Å². The van der Waals surface area contributed by atoms with Gasteiger partial charge in [0.1, 0.15) is 5.75 Å². The zero-order valence-corrected chi connectivity index (χ0v) is 13.7. The molecule has 1 amide bonds. The Morgan fingerprint density at radius 3 is 2.83 bits per heavy atom. The molecule has 2 aromatic rings. The minimum absolute atomic E-state index is 0.0595. The topological polar surface area (TPSA) is 90.4 Å². The molecule has 1 aromatic heterocycles. The Morgan fingerprint density at radius 1 is 1.30 bits per heavy atom. The van der Waals surface area contributed by atoms with E-state index in [2.05, 4.69) is 19.4 Å². The molecule has 1 N–H and O–H groups in total. The molecule has 0 saturated heterocycles. The fourth-order valence-corrected chi connectivity index (χ4v) is 2.34. The van der Waals surface area contributed by atoms with Gasteiger partial charge >= 0.3 is 5.97 Å². The summed E-state index contributed by atoms with van der Waals surface area (Å²) in [6, 6.07) is 7.71. The first-order valence-electron chi connectivity index (χ1n) is 7.00. The smallest absolute Gasteiger partial charge is 0.377 e. The van der Waals surface area contributed by atoms with Crippen LogP contribution < -0.4 is 10.1 Å². The zero-order chi connectivity index (χ0) is 16.7. The van der Waals surface area contributed by atoms with E-state index in [1.54, 1.807) is 0 Å². The van der Waals surface area contributed by atoms with Crippen LogP contribution in [0.25, 0.3) is 0 Å². The number of benzene rings is 1. The van der Waals surface area contributed by atoms with Crippen molar-refractivity contribution >= 4 is 28.5 Å². The predicted octanol–water partition coefficient (Wildman–Crippen LogP) is 2.43. The Labute approximate surface area is 137 Å². The summed E-state index contributed by atoms with van der Waals surface area (Å²) in [5, 5.41) is 2.87. The van der Waals surface area contributed by atoms with Crippen LogP contribution in [0.3, 0.4) is 0 Å². The summed E-state index contributed by atoms with van der Waals surface area (Å²) in [5.74, 6) is -0.0743. The van der Waals surface area contributed by atoms with Crippen molar-refractivity contribution in [1.82, 2.24) is 9.36 Å². The van der Waals surface area contributed by atoms with E-state index in [-0.39, 0.29) is 16.9 Å². The van der Waals surface area contributed by atoms with Crippen molar-refractivity contribution in [3.05, 3.63) is 35.7 Å². The van der Waals surface area contributed by atoms with Gasteiger partial charge in [0.15, 0.2) is 0 Å². The van der Waals surface area contributed by atoms with E-state index in [4.69, 9.17) is 4.74 Å². The second-order valence-corrected chi connectivity index (χ2v) is 5.43. The number of anilines is 1. The van der Waals surface area contributed by atoms with Crippen LogP contribution in [0.5, 0.6) is 5.75 Å². The molecule has 0 saturated carbocycles. The zero-order valence-electron chi connectivity index (χ0n) is 12.9. The van der Waals surface area contributed by atoms with Crippen LogP contribution >= 0.6 is 11.5 Å². The third-order valence-electron chi connectivity index (χ3n) is 2.94. The normalized spacial score (nSPS) is 10.2. The lowest BCUT2D eigenvalue weighted by atomic mass is 10.2. The van der Waals surface area contributed by atoms with Crippen LogP contribution in [-0.2, 0) is 9.53 Å². The summed E-state index contributed by atoms with van der Waals surface area (Å²) in [6.07, 6.45) is 0.863. The van der Waals surface area contributed by atoms with Gasteiger partial charge in [-0.1, -0.05) is 18.2 Å². The van der Waals surface area contributed by atoms with Gasteiger partial charge in [0.05, 0.1) is 13.7 Å². The van der Waals surface area contributed by atoms with Gasteiger partial charge in [0.2, 0.25) is 11.0 Å². The van der Waals surface area contributed by atoms with Gasteiger partial charge in [-0.15, -0.1) is 0 Å². The molecule has 0 spiro atoms. The van der Waals surface area contributed by atoms with Crippen molar-refractivity contribution < 1.29 is 19.1 Å². The Balaban J connectivity index is 1.72. The average molecular weight is 335 g/mol. The molecule has 122 valence electrons. The number of carbonyl (C=O) groups is 2. The highest BCUT2D eigenvalue weighted by Gasteiger charge is 2.14. The number of esters is 1. The van der Waals surface area contributed by atoms with Gasteiger partial charge in [0.25, 0.3) is 5.82 Å². The van der Waals surface area contributed by atoms with Crippen molar-refractivity contribution in [2.75, 3.05) is 19.0 Å². The molecule has 0 fully saturated rings. The quantitative estimate of drug-likeness (QED) is 0.617. The second kappa shape index (κ2) is 8.23. The van der Waals surface area contributed by atoms with Gasteiger partial charge in [-0.3, -0.25) is 4.79 Å². The van der Waals surface area contributed by atoms with E-state index in [9.17, 15) is 9.59 Å². The first kappa shape index (κ1) is 16.9. The number of rotatable bonds is 7. The number of nitrogens with zero attached hydrogens (tertiary/aromatic N) is 2. The van der Waals surface area contributed by atoms with Gasteiger partial charge in [-0.25, -0.2) is 4.79 Å². The van der Waals surface area contributed by atoms with Crippen molar-refractivity contribution in [3.63, 3.8) is 0 Å². The van der Waals surface area contributed by atoms with Crippen LogP contribution in [0.2, 0.25) is 0 Å². The van der Waals surface area contributed by atoms with Gasteiger partial charge < -0.3 is 14.8 Å². The average Bonchev–Trinajstić information content (AvgIpc) is 3.00. The highest BCUT2D eigenvalue weighted by Crippen LogP contribution is 2.16. The highest BCUT2D eigenvalue weighted by atomic mass is 32.1. The summed E-state index contributed by atoms with van der Waals surface area (Å²) in [6.45, 7) is 2.41. The summed E-state index contributed by atoms with van der Waals surface area (Å²) in [5.41, 5.74) is 1.06. The van der Waals surface area contributed by atoms with Gasteiger partial charge in [-0.05, 0) is 25.0 Å². The third kappa shape index (κ3) is 5.03. The summed E-state index contributed by atoms with van der Waals surface area (Å²) < 4.78 is 13.9. The summed E-state index contributed by atoms with van der Waals surface area (Å²) in [4.78, 5) is 26.9. The number of amides is 1. The summed E-state index contributed by atoms with van der Waals surface area (Å²) in [7, 11) is 1.25. The van der Waals surface area contributed by atoms with E-state index in [1.807, 2.05) is 31.2 Å². The fraction of sp³-hybridized carbons (Fsp3) is 0.333. The Hall–Kier alpha value is -2.48. The summed E-state index contributed by atoms with van der Waals surface area (Å²) >= 11 is 0.934. The van der Waals surface area contributed by atoms with Crippen LogP contribution in [0, 0.1) is 6.92 Å². The van der Waals surface area contributed by atoms with Gasteiger partial charge in [-0.2, -0.15) is 9.36 Å². The van der Waals surface area contributed by atoms with Crippen molar-refractivity contribution in [1.29, 1.82) is 0 Å². The minimum Gasteiger partial charge on any atom is -0.493 e. The maximum atomic E-state index is 11.8. The predicted molar refractivity (Wildman–Crippen MR) is 85.8 cm³/mol. The molecule has 0 bridgehead atoms. The van der Waals surface area contributed by atoms with E-state index in [0.717, 1.165) is 22.8 Å². The largest absolute Gasteiger partial charge is 0.493 e. The molecular weight excluding hydrogens is 318 g/mol. The first-order valence-corrected chi connectivity index (χ1v) is 7.78. The standard InChI is InChI=1S/C15H17N3O4S/c1-10-6-3-4-7-11(10)22-9-5-8-12(19)16-15-17-13(18-23-15)14(20)21-2/h3-4,6-7H,5,8-9H2,1-2H3,(H,16,17,18,19). The number of carbonyl (C=O) groups excluding carboxylic acids is 2. The van der Waals surface area contributed by atoms with Crippen LogP contribution in [-0.4, -0.2) is 35.0 Å². The maximum absolute atomic E-state index is 11.8. The SMILES string of the molecule is COC(=O)c1nsc(NC(=O)CCCOc2ccccc2C)n1. The minimum atomic E-state index is -0.631. The molecule has 23 heavy (non-hydrogen) atoms. The lowest BCUT2D eigenvalue weighted by Crippen LogP contribution is -2.13. The Kier molecular flexibility index (Phi) is 6.04. The lowest BCUT2D eigenvalue weighted by molar-refractivity contribution is -0.116. The third-order valence-corrected chi connectivity index (χ3v) is 3.57. The number of hydrogen-bond acceptors (Lipinski definition) is 7. The van der Waals surface area contributed by atoms with E-state index in [0.29, 0.717) is 19.4 Å². The number of aromatic nitrogens is 2. The molecule has 1 aromatic carbocycles. The molecule has 0 aliphatic heterocycles. The molecule has 2 rings (SSSR count). The lowest BCUT2D eigenvalue weighted by Gasteiger charge is -2.08. The molecule has 0 aliphatic rings. The first-order chi connectivity index (χ1) is 11.1. The molecule has 0 radical (unpaired) electrons. The molecule has 0 unspecified atom stereocenters. The second-order valence-electron chi connectivity index (χ2n) is 4.68. The fourth-order valence-electron chi connectivity index (χ4n) is 1.76. The highest BCUT2D eigenvalue weighted by molar-refractivity contribution is 7.10. The molecular formula is C15H17N3O4S. The number of nitrogens with one attached hydrogen (secondary N) is 1. The monoisotopic (exact) mass is 335 g/mol. The molecule has 7 nitrogen and oxygen atoms in total. The van der Waals surface area contributed by atoms with Crippen molar-refractivity contribution in [2.24, 2.45) is 0 Å². The number of para-hydroxylation sites is 1. The van der Waals surface area contributed by atoms with Crippen molar-refractivity contribution in [3.8, 4) is 5.75 Å². The Morgan fingerprint density at radius 2 is 2.09 bits per heavy atom. The van der Waals surface area contributed by atoms with Gasteiger partial charge in [0, 0.05) is 18.0 Å². The molecule has 8 heteroatoms. The molecule has 1 heterocycles. The number of aryl methyl sites for hydroxylation is 1. The molecule has 0 aliphatic carbocycles. The van der Waals surface area contributed by atoms with Crippen LogP contribution in [0.1, 0.15) is 29.0 Å². The van der Waals surface area contributed by atoms with E-state index < -0.39 is 5.97 Å². The number of hydrogen-bond donors (Lipinski definition) is 1. The number of ether oxygens (including phenoxy) is 2.